The first-order chi connectivity index (χ1) is 15.8. The summed E-state index contributed by atoms with van der Waals surface area (Å²) in [5.41, 5.74) is 8.15. The highest BCUT2D eigenvalue weighted by Gasteiger charge is 2.34. The van der Waals surface area contributed by atoms with Crippen LogP contribution in [0.15, 0.2) is 42.6 Å². The number of rotatable bonds is 2. The van der Waals surface area contributed by atoms with Crippen LogP contribution in [-0.4, -0.2) is 0 Å². The molecule has 0 N–H and O–H groups in total. The van der Waals surface area contributed by atoms with Crippen molar-refractivity contribution in [2.24, 2.45) is 17.9 Å². The van der Waals surface area contributed by atoms with Crippen molar-refractivity contribution in [3.05, 3.63) is 64.8 Å². The molecule has 0 atom stereocenters. The molecule has 0 bridgehead atoms. The summed E-state index contributed by atoms with van der Waals surface area (Å²) in [7, 11) is 2.18. The Kier molecular flexibility index (Phi) is 5.10. The van der Waals surface area contributed by atoms with E-state index in [0.29, 0.717) is 0 Å². The van der Waals surface area contributed by atoms with Crippen LogP contribution in [0.2, 0.25) is 0 Å². The molecule has 0 saturated carbocycles. The minimum atomic E-state index is 0.147. The van der Waals surface area contributed by atoms with Crippen LogP contribution >= 0.6 is 0 Å². The minimum Gasteiger partial charge on any atom is -0.455 e. The van der Waals surface area contributed by atoms with Crippen LogP contribution in [0, 0.1) is 24.7 Å². The van der Waals surface area contributed by atoms with Gasteiger partial charge in [0.2, 0.25) is 5.69 Å². The molecule has 5 rings (SSSR count). The third kappa shape index (κ3) is 3.78. The van der Waals surface area contributed by atoms with E-state index in [0.717, 1.165) is 24.3 Å². The molecule has 0 amide bonds. The Morgan fingerprint density at radius 2 is 1.47 bits per heavy atom. The highest BCUT2D eigenvalue weighted by atomic mass is 16.5. The molecule has 176 valence electrons. The van der Waals surface area contributed by atoms with E-state index in [1.165, 1.54) is 55.1 Å². The summed E-state index contributed by atoms with van der Waals surface area (Å²) in [6, 6.07) is 13.5. The van der Waals surface area contributed by atoms with Crippen molar-refractivity contribution in [1.82, 2.24) is 0 Å². The molecule has 1 aliphatic heterocycles. The molecule has 2 nitrogen and oxygen atoms in total. The van der Waals surface area contributed by atoms with Crippen LogP contribution < -0.4 is 9.30 Å². The molecule has 4 aromatic rings. The number of hydrogen-bond acceptors (Lipinski definition) is 1. The number of aryl methyl sites for hydroxylation is 3. The molecule has 0 unspecified atom stereocenters. The Bertz CT molecular complexity index is 1460. The van der Waals surface area contributed by atoms with Crippen LogP contribution in [0.1, 0.15) is 63.8 Å². The second-order valence-electron chi connectivity index (χ2n) is 12.7. The maximum Gasteiger partial charge on any atom is 0.228 e. The molecule has 2 heteroatoms. The summed E-state index contributed by atoms with van der Waals surface area (Å²) in [5.74, 6) is 2.05. The van der Waals surface area contributed by atoms with Crippen LogP contribution in [-0.2, 0) is 19.9 Å². The Balaban J connectivity index is 1.92. The van der Waals surface area contributed by atoms with Gasteiger partial charge >= 0.3 is 0 Å². The van der Waals surface area contributed by atoms with Crippen molar-refractivity contribution >= 4 is 21.5 Å². The first kappa shape index (κ1) is 22.9. The molecule has 0 spiro atoms. The molecule has 1 aliphatic rings. The zero-order valence-corrected chi connectivity index (χ0v) is 22.3. The van der Waals surface area contributed by atoms with Crippen molar-refractivity contribution in [2.45, 2.75) is 68.2 Å². The predicted octanol–water partition coefficient (Wildman–Crippen LogP) is 8.38. The molecule has 0 fully saturated rings. The van der Waals surface area contributed by atoms with Gasteiger partial charge < -0.3 is 4.74 Å². The van der Waals surface area contributed by atoms with Gasteiger partial charge in [0, 0.05) is 16.5 Å². The Labute approximate surface area is 204 Å². The molecule has 3 aromatic carbocycles. The number of pyridine rings is 1. The van der Waals surface area contributed by atoms with Crippen molar-refractivity contribution in [3.8, 4) is 22.8 Å². The third-order valence-corrected chi connectivity index (χ3v) is 6.99. The van der Waals surface area contributed by atoms with Crippen LogP contribution in [0.3, 0.4) is 0 Å². The molecular weight excluding hydrogens is 414 g/mol. The number of benzene rings is 3. The predicted molar refractivity (Wildman–Crippen MR) is 144 cm³/mol. The van der Waals surface area contributed by atoms with Crippen molar-refractivity contribution in [2.75, 3.05) is 0 Å². The molecule has 0 aliphatic carbocycles. The molecule has 0 saturated heterocycles. The fourth-order valence-electron chi connectivity index (χ4n) is 5.79. The van der Waals surface area contributed by atoms with Gasteiger partial charge in [-0.3, -0.25) is 0 Å². The highest BCUT2D eigenvalue weighted by molar-refractivity contribution is 6.07. The standard InChI is InChI=1S/C32H38NO/c1-19-18-33(9)29-27-20(2)22-12-10-11-13-23(22)25(17-32(6,7)8)30(27)34-26-15-21(16-31(3,4)5)14-24(19)28(26)29/h10-15,18H,16-17H2,1-9H3/q+1. The average molecular weight is 453 g/mol. The molecule has 1 aromatic heterocycles. The lowest BCUT2D eigenvalue weighted by Gasteiger charge is -2.29. The van der Waals surface area contributed by atoms with Crippen LogP contribution in [0.25, 0.3) is 32.8 Å². The Morgan fingerprint density at radius 1 is 0.824 bits per heavy atom. The van der Waals surface area contributed by atoms with Gasteiger partial charge in [-0.25, -0.2) is 0 Å². The monoisotopic (exact) mass is 452 g/mol. The van der Waals surface area contributed by atoms with E-state index in [1.807, 2.05) is 0 Å². The maximum atomic E-state index is 6.97. The summed E-state index contributed by atoms with van der Waals surface area (Å²) in [4.78, 5) is 0. The van der Waals surface area contributed by atoms with E-state index in [1.54, 1.807) is 0 Å². The lowest BCUT2D eigenvalue weighted by atomic mass is 9.81. The van der Waals surface area contributed by atoms with E-state index < -0.39 is 0 Å². The van der Waals surface area contributed by atoms with E-state index in [4.69, 9.17) is 4.74 Å². The Hall–Kier alpha value is -2.87. The number of nitrogens with zero attached hydrogens (tertiary/aromatic N) is 1. The number of hydrogen-bond donors (Lipinski definition) is 0. The zero-order chi connectivity index (χ0) is 24.6. The van der Waals surface area contributed by atoms with Gasteiger partial charge in [-0.05, 0) is 65.5 Å². The number of aromatic nitrogens is 1. The molecular formula is C32H38NO+. The van der Waals surface area contributed by atoms with Gasteiger partial charge in [0.1, 0.15) is 18.5 Å². The summed E-state index contributed by atoms with van der Waals surface area (Å²) in [5, 5.41) is 5.19. The maximum absolute atomic E-state index is 6.97. The zero-order valence-electron chi connectivity index (χ0n) is 22.3. The second kappa shape index (κ2) is 7.57. The molecule has 2 heterocycles. The third-order valence-electron chi connectivity index (χ3n) is 6.99. The van der Waals surface area contributed by atoms with Gasteiger partial charge in [-0.15, -0.1) is 0 Å². The summed E-state index contributed by atoms with van der Waals surface area (Å²) >= 11 is 0. The summed E-state index contributed by atoms with van der Waals surface area (Å²) < 4.78 is 9.28. The van der Waals surface area contributed by atoms with Crippen molar-refractivity contribution in [3.63, 3.8) is 0 Å². The SMILES string of the molecule is Cc1c2c(c(CC(C)(C)C)c3ccccc13)Oc1cc(CC(C)(C)C)cc3c(C)c[n+](C)c-2c13. The first-order valence-corrected chi connectivity index (χ1v) is 12.5. The lowest BCUT2D eigenvalue weighted by Crippen LogP contribution is -2.33. The lowest BCUT2D eigenvalue weighted by molar-refractivity contribution is -0.659. The fourth-order valence-corrected chi connectivity index (χ4v) is 5.79. The van der Waals surface area contributed by atoms with Gasteiger partial charge in [-0.2, -0.15) is 4.57 Å². The van der Waals surface area contributed by atoms with Crippen molar-refractivity contribution in [1.29, 1.82) is 0 Å². The Morgan fingerprint density at radius 3 is 2.12 bits per heavy atom. The van der Waals surface area contributed by atoms with Gasteiger partial charge in [0.05, 0.1) is 10.9 Å². The number of fused-ring (bicyclic) bond motifs is 3. The van der Waals surface area contributed by atoms with Gasteiger partial charge in [0.25, 0.3) is 0 Å². The topological polar surface area (TPSA) is 13.1 Å². The normalized spacial score (nSPS) is 13.3. The number of ether oxygens (including phenoxy) is 1. The van der Waals surface area contributed by atoms with E-state index in [-0.39, 0.29) is 10.8 Å². The van der Waals surface area contributed by atoms with E-state index in [9.17, 15) is 0 Å². The van der Waals surface area contributed by atoms with Crippen LogP contribution in [0.5, 0.6) is 11.5 Å². The van der Waals surface area contributed by atoms with Gasteiger partial charge in [-0.1, -0.05) is 71.9 Å². The largest absolute Gasteiger partial charge is 0.455 e. The second-order valence-corrected chi connectivity index (χ2v) is 12.7. The quantitative estimate of drug-likeness (QED) is 0.245. The van der Waals surface area contributed by atoms with Crippen molar-refractivity contribution < 1.29 is 9.30 Å². The average Bonchev–Trinajstić information content (AvgIpc) is 2.72. The molecule has 0 radical (unpaired) electrons. The highest BCUT2D eigenvalue weighted by Crippen LogP contribution is 2.52. The summed E-state index contributed by atoms with van der Waals surface area (Å²) in [6.45, 7) is 18.3. The van der Waals surface area contributed by atoms with Gasteiger partial charge in [0.15, 0.2) is 6.20 Å². The molecule has 34 heavy (non-hydrogen) atoms. The summed E-state index contributed by atoms with van der Waals surface area (Å²) in [6.07, 6.45) is 4.27. The fraction of sp³-hybridized carbons (Fsp3) is 0.406. The van der Waals surface area contributed by atoms with E-state index >= 15 is 0 Å². The first-order valence-electron chi connectivity index (χ1n) is 12.5. The smallest absolute Gasteiger partial charge is 0.228 e. The van der Waals surface area contributed by atoms with E-state index in [2.05, 4.69) is 110 Å². The minimum absolute atomic E-state index is 0.147. The van der Waals surface area contributed by atoms with Crippen LogP contribution in [0.4, 0.5) is 0 Å².